The molecule has 2 N–H and O–H groups in total. The Kier molecular flexibility index (Phi) is 6.99. The van der Waals surface area contributed by atoms with Gasteiger partial charge in [-0.25, -0.2) is 0 Å². The zero-order valence-corrected chi connectivity index (χ0v) is 14.8. The van der Waals surface area contributed by atoms with Gasteiger partial charge in [0.15, 0.2) is 6.61 Å². The average molecular weight is 409 g/mol. The van der Waals surface area contributed by atoms with Crippen LogP contribution >= 0.6 is 31.9 Å². The molecular weight excluding hydrogens is 390 g/mol. The fourth-order valence-electron chi connectivity index (χ4n) is 1.52. The van der Waals surface area contributed by atoms with Gasteiger partial charge in [-0.15, -0.1) is 0 Å². The first kappa shape index (κ1) is 17.5. The van der Waals surface area contributed by atoms with Crippen molar-refractivity contribution in [1.82, 2.24) is 5.32 Å². The second-order valence-electron chi connectivity index (χ2n) is 5.28. The minimum atomic E-state index is -0.175. The van der Waals surface area contributed by atoms with Gasteiger partial charge in [-0.2, -0.15) is 0 Å². The van der Waals surface area contributed by atoms with Gasteiger partial charge >= 0.3 is 0 Å². The molecule has 0 aliphatic rings. The number of halogens is 2. The number of hydrogen-bond acceptors (Lipinski definition) is 3. The Hall–Kier alpha value is -0.590. The number of rotatable bonds is 7. The van der Waals surface area contributed by atoms with Crippen LogP contribution in [0.2, 0.25) is 0 Å². The van der Waals surface area contributed by atoms with Crippen LogP contribution in [-0.2, 0) is 4.79 Å². The largest absolute Gasteiger partial charge is 0.483 e. The number of carbonyl (C=O) groups is 1. The van der Waals surface area contributed by atoms with Crippen LogP contribution in [-0.4, -0.2) is 30.8 Å². The van der Waals surface area contributed by atoms with E-state index in [-0.39, 0.29) is 24.5 Å². The first-order valence-corrected chi connectivity index (χ1v) is 7.88. The second-order valence-corrected chi connectivity index (χ2v) is 7.05. The highest BCUT2D eigenvalue weighted by Crippen LogP contribution is 2.28. The van der Waals surface area contributed by atoms with E-state index in [4.69, 9.17) is 9.84 Å². The Morgan fingerprint density at radius 2 is 2.10 bits per heavy atom. The maximum Gasteiger partial charge on any atom is 0.257 e. The summed E-state index contributed by atoms with van der Waals surface area (Å²) in [6, 6.07) is 5.50. The van der Waals surface area contributed by atoms with E-state index in [0.29, 0.717) is 18.7 Å². The second kappa shape index (κ2) is 8.00. The maximum atomic E-state index is 11.7. The molecular formula is C14H19Br2NO3. The molecule has 1 aromatic rings. The van der Waals surface area contributed by atoms with Crippen molar-refractivity contribution in [2.24, 2.45) is 5.41 Å². The van der Waals surface area contributed by atoms with Crippen molar-refractivity contribution in [3.63, 3.8) is 0 Å². The minimum Gasteiger partial charge on any atom is -0.483 e. The first-order chi connectivity index (χ1) is 9.34. The molecule has 6 heteroatoms. The van der Waals surface area contributed by atoms with E-state index in [1.165, 1.54) is 0 Å². The molecule has 0 bridgehead atoms. The zero-order chi connectivity index (χ0) is 15.2. The monoisotopic (exact) mass is 407 g/mol. The lowest BCUT2D eigenvalue weighted by Crippen LogP contribution is -2.37. The van der Waals surface area contributed by atoms with Gasteiger partial charge in [0.25, 0.3) is 5.91 Å². The Balaban J connectivity index is 2.40. The quantitative estimate of drug-likeness (QED) is 0.728. The first-order valence-electron chi connectivity index (χ1n) is 6.29. The lowest BCUT2D eigenvalue weighted by molar-refractivity contribution is -0.123. The van der Waals surface area contributed by atoms with Crippen LogP contribution in [0.15, 0.2) is 27.1 Å². The van der Waals surface area contributed by atoms with E-state index in [1.54, 1.807) is 6.07 Å². The molecule has 0 fully saturated rings. The molecule has 0 spiro atoms. The number of aliphatic hydroxyl groups is 1. The van der Waals surface area contributed by atoms with Gasteiger partial charge in [0.05, 0.1) is 4.47 Å². The molecule has 1 aromatic carbocycles. The highest BCUT2D eigenvalue weighted by atomic mass is 79.9. The zero-order valence-electron chi connectivity index (χ0n) is 11.6. The summed E-state index contributed by atoms with van der Waals surface area (Å²) in [4.78, 5) is 11.7. The van der Waals surface area contributed by atoms with E-state index in [9.17, 15) is 4.79 Å². The standard InChI is InChI=1S/C14H19Br2NO3/c1-14(2,5-6-18)9-17-13(19)8-20-12-4-3-10(15)7-11(12)16/h3-4,7,18H,5-6,8-9H2,1-2H3,(H,17,19). The number of benzene rings is 1. The molecule has 0 radical (unpaired) electrons. The van der Waals surface area contributed by atoms with Gasteiger partial charge in [0.1, 0.15) is 5.75 Å². The van der Waals surface area contributed by atoms with Crippen molar-refractivity contribution >= 4 is 37.8 Å². The summed E-state index contributed by atoms with van der Waals surface area (Å²) in [5, 5.41) is 11.7. The lowest BCUT2D eigenvalue weighted by atomic mass is 9.90. The summed E-state index contributed by atoms with van der Waals surface area (Å²) in [6.45, 7) is 4.59. The molecule has 1 amide bonds. The van der Waals surface area contributed by atoms with Gasteiger partial charge in [0, 0.05) is 17.6 Å². The number of carbonyl (C=O) groups excluding carboxylic acids is 1. The molecule has 112 valence electrons. The van der Waals surface area contributed by atoms with Gasteiger partial charge in [-0.1, -0.05) is 29.8 Å². The number of ether oxygens (including phenoxy) is 1. The molecule has 0 aliphatic carbocycles. The fraction of sp³-hybridized carbons (Fsp3) is 0.500. The number of amides is 1. The fourth-order valence-corrected chi connectivity index (χ4v) is 2.68. The molecule has 0 unspecified atom stereocenters. The summed E-state index contributed by atoms with van der Waals surface area (Å²) in [7, 11) is 0. The van der Waals surface area contributed by atoms with Gasteiger partial charge in [-0.3, -0.25) is 4.79 Å². The minimum absolute atomic E-state index is 0.0323. The van der Waals surface area contributed by atoms with Crippen LogP contribution in [0.3, 0.4) is 0 Å². The normalized spacial score (nSPS) is 11.2. The summed E-state index contributed by atoms with van der Waals surface area (Å²) in [6.07, 6.45) is 0.645. The number of hydrogen-bond donors (Lipinski definition) is 2. The van der Waals surface area contributed by atoms with Crippen molar-refractivity contribution in [2.75, 3.05) is 19.8 Å². The Bertz CT molecular complexity index is 464. The van der Waals surface area contributed by atoms with Crippen LogP contribution < -0.4 is 10.1 Å². The Morgan fingerprint density at radius 3 is 2.70 bits per heavy atom. The third-order valence-corrected chi connectivity index (χ3v) is 3.92. The average Bonchev–Trinajstić information content (AvgIpc) is 2.35. The smallest absolute Gasteiger partial charge is 0.257 e. The van der Waals surface area contributed by atoms with Crippen LogP contribution in [0.4, 0.5) is 0 Å². The molecule has 0 heterocycles. The van der Waals surface area contributed by atoms with E-state index in [2.05, 4.69) is 37.2 Å². The highest BCUT2D eigenvalue weighted by Gasteiger charge is 2.18. The molecule has 0 aliphatic heterocycles. The topological polar surface area (TPSA) is 58.6 Å². The van der Waals surface area contributed by atoms with Crippen molar-refractivity contribution in [3.05, 3.63) is 27.1 Å². The Labute approximate surface area is 136 Å². The molecule has 20 heavy (non-hydrogen) atoms. The predicted molar refractivity (Wildman–Crippen MR) is 85.8 cm³/mol. The number of aliphatic hydroxyl groups excluding tert-OH is 1. The van der Waals surface area contributed by atoms with Crippen molar-refractivity contribution in [3.8, 4) is 5.75 Å². The molecule has 1 rings (SSSR count). The molecule has 0 aromatic heterocycles. The van der Waals surface area contributed by atoms with E-state index >= 15 is 0 Å². The van der Waals surface area contributed by atoms with E-state index < -0.39 is 0 Å². The van der Waals surface area contributed by atoms with E-state index in [1.807, 2.05) is 26.0 Å². The van der Waals surface area contributed by atoms with Crippen molar-refractivity contribution in [2.45, 2.75) is 20.3 Å². The molecule has 0 saturated carbocycles. The Morgan fingerprint density at radius 1 is 1.40 bits per heavy atom. The van der Waals surface area contributed by atoms with Crippen molar-refractivity contribution in [1.29, 1.82) is 0 Å². The predicted octanol–water partition coefficient (Wildman–Crippen LogP) is 3.12. The van der Waals surface area contributed by atoms with Crippen LogP contribution in [0, 0.1) is 5.41 Å². The SMILES string of the molecule is CC(C)(CCO)CNC(=O)COc1ccc(Br)cc1Br. The third-order valence-electron chi connectivity index (χ3n) is 2.81. The summed E-state index contributed by atoms with van der Waals surface area (Å²) >= 11 is 6.73. The van der Waals surface area contributed by atoms with Crippen LogP contribution in [0.1, 0.15) is 20.3 Å². The summed E-state index contributed by atoms with van der Waals surface area (Å²) < 4.78 is 7.18. The van der Waals surface area contributed by atoms with E-state index in [0.717, 1.165) is 8.95 Å². The molecule has 0 atom stereocenters. The summed E-state index contributed by atoms with van der Waals surface area (Å²) in [5.41, 5.74) is -0.122. The van der Waals surface area contributed by atoms with Crippen LogP contribution in [0.5, 0.6) is 5.75 Å². The highest BCUT2D eigenvalue weighted by molar-refractivity contribution is 9.11. The summed E-state index contributed by atoms with van der Waals surface area (Å²) in [5.74, 6) is 0.448. The van der Waals surface area contributed by atoms with Gasteiger partial charge in [-0.05, 0) is 46.0 Å². The molecule has 0 saturated heterocycles. The lowest BCUT2D eigenvalue weighted by Gasteiger charge is -2.23. The van der Waals surface area contributed by atoms with Gasteiger partial charge in [0.2, 0.25) is 0 Å². The third kappa shape index (κ3) is 6.24. The van der Waals surface area contributed by atoms with Gasteiger partial charge < -0.3 is 15.2 Å². The maximum absolute atomic E-state index is 11.7. The molecule has 4 nitrogen and oxygen atoms in total. The van der Waals surface area contributed by atoms with Crippen molar-refractivity contribution < 1.29 is 14.6 Å². The van der Waals surface area contributed by atoms with Crippen LogP contribution in [0.25, 0.3) is 0 Å². The number of nitrogens with one attached hydrogen (secondary N) is 1.